The van der Waals surface area contributed by atoms with Crippen LogP contribution >= 0.6 is 11.6 Å². The number of rotatable bonds is 3. The lowest BCUT2D eigenvalue weighted by molar-refractivity contribution is -0.117. The third-order valence-corrected chi connectivity index (χ3v) is 4.34. The average Bonchev–Trinajstić information content (AvgIpc) is 2.70. The first kappa shape index (κ1) is 14.7. The number of aromatic carboxylic acids is 1. The molecule has 3 N–H and O–H groups in total. The summed E-state index contributed by atoms with van der Waals surface area (Å²) < 4.78 is 22.6. The second-order valence-corrected chi connectivity index (χ2v) is 6.46. The van der Waals surface area contributed by atoms with E-state index < -0.39 is 27.1 Å². The van der Waals surface area contributed by atoms with E-state index in [0.717, 1.165) is 4.90 Å². The second-order valence-electron chi connectivity index (χ2n) is 4.23. The minimum absolute atomic E-state index is 0.00291. The number of hydrogen-bond acceptors (Lipinski definition) is 5. The molecule has 108 valence electrons. The van der Waals surface area contributed by atoms with Crippen molar-refractivity contribution in [2.75, 3.05) is 11.4 Å². The Morgan fingerprint density at radius 1 is 1.50 bits per heavy atom. The maximum absolute atomic E-state index is 11.8. The van der Waals surface area contributed by atoms with Gasteiger partial charge < -0.3 is 5.11 Å². The SMILES string of the molecule is NS(=O)(=O)C1CC(=O)N(c2nc(Cl)ccc2C(=O)O)C1. The van der Waals surface area contributed by atoms with E-state index in [0.29, 0.717) is 0 Å². The summed E-state index contributed by atoms with van der Waals surface area (Å²) in [5, 5.41) is 13.0. The van der Waals surface area contributed by atoms with Gasteiger partial charge in [0.1, 0.15) is 16.0 Å². The van der Waals surface area contributed by atoms with Gasteiger partial charge in [0.05, 0.1) is 0 Å². The smallest absolute Gasteiger partial charge is 0.339 e. The minimum Gasteiger partial charge on any atom is -0.478 e. The fraction of sp³-hybridized carbons (Fsp3) is 0.300. The summed E-state index contributed by atoms with van der Waals surface area (Å²) in [6.07, 6.45) is -0.313. The molecule has 2 rings (SSSR count). The molecule has 0 spiro atoms. The number of nitrogens with two attached hydrogens (primary N) is 1. The van der Waals surface area contributed by atoms with E-state index in [-0.39, 0.29) is 29.5 Å². The van der Waals surface area contributed by atoms with Crippen molar-refractivity contribution in [1.82, 2.24) is 4.98 Å². The average molecular weight is 320 g/mol. The quantitative estimate of drug-likeness (QED) is 0.743. The van der Waals surface area contributed by atoms with Crippen molar-refractivity contribution >= 4 is 39.3 Å². The molecular weight excluding hydrogens is 310 g/mol. The molecule has 1 aromatic heterocycles. The molecule has 0 bridgehead atoms. The van der Waals surface area contributed by atoms with Crippen LogP contribution in [0, 0.1) is 0 Å². The van der Waals surface area contributed by atoms with Crippen molar-refractivity contribution < 1.29 is 23.1 Å². The first-order chi connectivity index (χ1) is 9.20. The first-order valence-electron chi connectivity index (χ1n) is 5.42. The van der Waals surface area contributed by atoms with Crippen LogP contribution in [0.15, 0.2) is 12.1 Å². The van der Waals surface area contributed by atoms with Gasteiger partial charge >= 0.3 is 5.97 Å². The molecule has 1 aromatic rings. The van der Waals surface area contributed by atoms with Crippen LogP contribution in [0.1, 0.15) is 16.8 Å². The number of anilines is 1. The number of aromatic nitrogens is 1. The maximum atomic E-state index is 11.8. The molecule has 0 aliphatic carbocycles. The van der Waals surface area contributed by atoms with Gasteiger partial charge in [-0.25, -0.2) is 23.3 Å². The van der Waals surface area contributed by atoms with Crippen LogP contribution in [0.25, 0.3) is 0 Å². The summed E-state index contributed by atoms with van der Waals surface area (Å²) in [7, 11) is -3.89. The van der Waals surface area contributed by atoms with Crippen molar-refractivity contribution in [2.45, 2.75) is 11.7 Å². The monoisotopic (exact) mass is 319 g/mol. The number of sulfonamides is 1. The van der Waals surface area contributed by atoms with Gasteiger partial charge in [0.2, 0.25) is 15.9 Å². The molecule has 1 aliphatic heterocycles. The van der Waals surface area contributed by atoms with Gasteiger partial charge in [-0.2, -0.15) is 0 Å². The molecule has 0 saturated carbocycles. The molecule has 1 unspecified atom stereocenters. The van der Waals surface area contributed by atoms with E-state index in [1.54, 1.807) is 0 Å². The summed E-state index contributed by atoms with van der Waals surface area (Å²) in [5.74, 6) is -2.04. The number of halogens is 1. The Morgan fingerprint density at radius 2 is 2.15 bits per heavy atom. The van der Waals surface area contributed by atoms with E-state index >= 15 is 0 Å². The summed E-state index contributed by atoms with van der Waals surface area (Å²) in [5.41, 5.74) is -0.238. The predicted molar refractivity (Wildman–Crippen MR) is 70.1 cm³/mol. The predicted octanol–water partition coefficient (Wildman–Crippen LogP) is -0.173. The zero-order valence-electron chi connectivity index (χ0n) is 9.98. The highest BCUT2D eigenvalue weighted by molar-refractivity contribution is 7.89. The fourth-order valence-electron chi connectivity index (χ4n) is 1.90. The van der Waals surface area contributed by atoms with Crippen LogP contribution < -0.4 is 10.0 Å². The lowest BCUT2D eigenvalue weighted by Gasteiger charge is -2.17. The number of carbonyl (C=O) groups is 2. The van der Waals surface area contributed by atoms with Gasteiger partial charge in [0.15, 0.2) is 5.82 Å². The van der Waals surface area contributed by atoms with Crippen LogP contribution in [-0.2, 0) is 14.8 Å². The van der Waals surface area contributed by atoms with Crippen molar-refractivity contribution in [3.05, 3.63) is 22.8 Å². The summed E-state index contributed by atoms with van der Waals surface area (Å²) in [6, 6.07) is 2.47. The van der Waals surface area contributed by atoms with E-state index in [1.807, 2.05) is 0 Å². The Labute approximate surface area is 119 Å². The summed E-state index contributed by atoms with van der Waals surface area (Å²) in [6.45, 7) is -0.245. The van der Waals surface area contributed by atoms with E-state index in [1.165, 1.54) is 12.1 Å². The molecule has 2 heterocycles. The Balaban J connectivity index is 2.45. The molecule has 1 amide bonds. The lowest BCUT2D eigenvalue weighted by Crippen LogP contribution is -2.33. The van der Waals surface area contributed by atoms with Gasteiger partial charge in [-0.05, 0) is 12.1 Å². The Kier molecular flexibility index (Phi) is 3.67. The van der Waals surface area contributed by atoms with Crippen molar-refractivity contribution in [1.29, 1.82) is 0 Å². The highest BCUT2D eigenvalue weighted by Gasteiger charge is 2.39. The molecule has 1 saturated heterocycles. The highest BCUT2D eigenvalue weighted by Crippen LogP contribution is 2.27. The molecule has 10 heteroatoms. The van der Waals surface area contributed by atoms with Crippen LogP contribution in [0.5, 0.6) is 0 Å². The molecule has 0 aromatic carbocycles. The number of primary sulfonamides is 1. The van der Waals surface area contributed by atoms with Crippen molar-refractivity contribution in [3.63, 3.8) is 0 Å². The Morgan fingerprint density at radius 3 is 2.65 bits per heavy atom. The number of carboxylic acids is 1. The van der Waals surface area contributed by atoms with E-state index in [4.69, 9.17) is 21.8 Å². The third-order valence-electron chi connectivity index (χ3n) is 2.88. The van der Waals surface area contributed by atoms with Crippen LogP contribution in [0.3, 0.4) is 0 Å². The largest absolute Gasteiger partial charge is 0.478 e. The molecule has 8 nitrogen and oxygen atoms in total. The lowest BCUT2D eigenvalue weighted by atomic mass is 10.2. The molecule has 20 heavy (non-hydrogen) atoms. The molecule has 0 radical (unpaired) electrons. The second kappa shape index (κ2) is 5.00. The van der Waals surface area contributed by atoms with E-state index in [9.17, 15) is 18.0 Å². The zero-order valence-corrected chi connectivity index (χ0v) is 11.6. The fourth-order valence-corrected chi connectivity index (χ4v) is 2.77. The topological polar surface area (TPSA) is 131 Å². The molecule has 1 aliphatic rings. The Hall–Kier alpha value is -1.71. The number of pyridine rings is 1. The molecule has 1 atom stereocenters. The standard InChI is InChI=1S/C10H10ClN3O5S/c11-7-2-1-6(10(16)17)9(13-7)14-4-5(3-8(14)15)20(12,18)19/h1-2,5H,3-4H2,(H,16,17)(H2,12,18,19). The number of hydrogen-bond donors (Lipinski definition) is 2. The van der Waals surface area contributed by atoms with Crippen LogP contribution in [-0.4, -0.2) is 42.2 Å². The number of carboxylic acid groups (broad SMARTS) is 1. The number of amides is 1. The normalized spacial score (nSPS) is 19.4. The highest BCUT2D eigenvalue weighted by atomic mass is 35.5. The molecule has 1 fully saturated rings. The summed E-state index contributed by atoms with van der Waals surface area (Å²) >= 11 is 5.69. The van der Waals surface area contributed by atoms with Crippen molar-refractivity contribution in [3.8, 4) is 0 Å². The maximum Gasteiger partial charge on any atom is 0.339 e. The zero-order chi connectivity index (χ0) is 15.1. The number of nitrogens with zero attached hydrogens (tertiary/aromatic N) is 2. The minimum atomic E-state index is -3.89. The van der Waals surface area contributed by atoms with Crippen molar-refractivity contribution in [2.24, 2.45) is 5.14 Å². The van der Waals surface area contributed by atoms with Gasteiger partial charge in [-0.3, -0.25) is 9.69 Å². The van der Waals surface area contributed by atoms with Gasteiger partial charge in [-0.15, -0.1) is 0 Å². The molecular formula is C10H10ClN3O5S. The first-order valence-corrected chi connectivity index (χ1v) is 7.40. The van der Waals surface area contributed by atoms with Gasteiger partial charge in [-0.1, -0.05) is 11.6 Å². The Bertz CT molecular complexity index is 690. The van der Waals surface area contributed by atoms with Crippen LogP contribution in [0.4, 0.5) is 5.82 Å². The van der Waals surface area contributed by atoms with Crippen LogP contribution in [0.2, 0.25) is 5.15 Å². The van der Waals surface area contributed by atoms with Gasteiger partial charge in [0.25, 0.3) is 0 Å². The van der Waals surface area contributed by atoms with Gasteiger partial charge in [0, 0.05) is 13.0 Å². The van der Waals surface area contributed by atoms with E-state index in [2.05, 4.69) is 4.98 Å². The third kappa shape index (κ3) is 2.74. The summed E-state index contributed by atoms with van der Waals surface area (Å²) in [4.78, 5) is 27.7. The number of carbonyl (C=O) groups excluding carboxylic acids is 1.